The molecule has 58 heavy (non-hydrogen) atoms. The Bertz CT molecular complexity index is 2160. The number of allylic oxidation sites excluding steroid dienone is 1. The van der Waals surface area contributed by atoms with Crippen LogP contribution in [-0.4, -0.2) is 82.7 Å². The number of carbonyl (C=O) groups is 4. The lowest BCUT2D eigenvalue weighted by molar-refractivity contribution is -0.144. The molecule has 3 N–H and O–H groups in total. The van der Waals surface area contributed by atoms with Crippen LogP contribution in [0.1, 0.15) is 109 Å². The van der Waals surface area contributed by atoms with E-state index in [-0.39, 0.29) is 50.1 Å². The first-order chi connectivity index (χ1) is 27.2. The van der Waals surface area contributed by atoms with Crippen LogP contribution in [0.3, 0.4) is 0 Å². The van der Waals surface area contributed by atoms with E-state index < -0.39 is 91.5 Å². The molecule has 5 aliphatic rings. The Kier molecular flexibility index (Phi) is 10.8. The van der Waals surface area contributed by atoms with Crippen molar-refractivity contribution >= 4 is 44.7 Å². The summed E-state index contributed by atoms with van der Waals surface area (Å²) in [6, 6.07) is 2.43. The van der Waals surface area contributed by atoms with Crippen LogP contribution in [0, 0.1) is 18.8 Å². The number of alkyl halides is 3. The summed E-state index contributed by atoms with van der Waals surface area (Å²) in [5, 5.41) is 6.01. The van der Waals surface area contributed by atoms with Crippen molar-refractivity contribution < 1.29 is 50.2 Å². The first-order valence-electron chi connectivity index (χ1n) is 20.2. The molecule has 4 amide bonds. The monoisotopic (exact) mass is 831 g/mol. The van der Waals surface area contributed by atoms with Crippen LogP contribution in [0.2, 0.25) is 0 Å². The van der Waals surface area contributed by atoms with Gasteiger partial charge in [-0.15, -0.1) is 0 Å². The Labute approximate surface area is 336 Å². The molecule has 1 saturated heterocycles. The number of amides is 4. The van der Waals surface area contributed by atoms with Crippen molar-refractivity contribution in [2.75, 3.05) is 6.54 Å². The Hall–Kier alpha value is -4.41. The summed E-state index contributed by atoms with van der Waals surface area (Å²) in [4.78, 5) is 61.7. The molecule has 17 heteroatoms. The van der Waals surface area contributed by atoms with E-state index in [4.69, 9.17) is 9.47 Å². The van der Waals surface area contributed by atoms with Crippen LogP contribution >= 0.6 is 0 Å². The second kappa shape index (κ2) is 15.0. The molecule has 4 heterocycles. The highest BCUT2D eigenvalue weighted by Gasteiger charge is 2.64. The molecule has 7 rings (SSSR count). The number of rotatable bonds is 6. The number of ether oxygens (including phenoxy) is 2. The Balaban J connectivity index is 1.26. The van der Waals surface area contributed by atoms with Crippen molar-refractivity contribution in [3.05, 3.63) is 47.2 Å². The number of sulfonamides is 1. The summed E-state index contributed by atoms with van der Waals surface area (Å²) in [7, 11) is -4.08. The van der Waals surface area contributed by atoms with E-state index in [1.807, 2.05) is 26.8 Å². The maximum atomic E-state index is 14.7. The van der Waals surface area contributed by atoms with Gasteiger partial charge < -0.3 is 25.0 Å². The average molecular weight is 832 g/mol. The third-order valence-electron chi connectivity index (χ3n) is 12.8. The molecule has 3 aliphatic heterocycles. The molecule has 316 valence electrons. The van der Waals surface area contributed by atoms with Gasteiger partial charge in [-0.1, -0.05) is 50.5 Å². The van der Waals surface area contributed by atoms with Crippen molar-refractivity contribution in [1.82, 2.24) is 25.2 Å². The van der Waals surface area contributed by atoms with Gasteiger partial charge in [-0.05, 0) is 90.2 Å². The molecule has 3 fully saturated rings. The zero-order valence-electron chi connectivity index (χ0n) is 33.5. The number of fused-ring (bicyclic) bond motifs is 5. The summed E-state index contributed by atoms with van der Waals surface area (Å²) >= 11 is 0. The number of nitrogens with one attached hydrogen (secondary N) is 3. The number of pyridine rings is 1. The van der Waals surface area contributed by atoms with Crippen LogP contribution < -0.4 is 20.1 Å². The fraction of sp³-hybridized carbons (Fsp3) is 0.634. The van der Waals surface area contributed by atoms with Gasteiger partial charge in [-0.25, -0.2) is 18.2 Å². The lowest BCUT2D eigenvalue weighted by atomic mass is 9.86. The third kappa shape index (κ3) is 7.99. The Morgan fingerprint density at radius 2 is 1.83 bits per heavy atom. The minimum absolute atomic E-state index is 0.0183. The second-order valence-corrected chi connectivity index (χ2v) is 19.7. The number of hydrogen-bond acceptors (Lipinski definition) is 9. The van der Waals surface area contributed by atoms with Crippen molar-refractivity contribution in [2.24, 2.45) is 11.8 Å². The van der Waals surface area contributed by atoms with Gasteiger partial charge in [-0.2, -0.15) is 13.2 Å². The number of nitrogens with zero attached hydrogens (tertiary/aromatic N) is 2. The molecule has 2 saturated carbocycles. The van der Waals surface area contributed by atoms with E-state index in [2.05, 4.69) is 20.3 Å². The van der Waals surface area contributed by atoms with Gasteiger partial charge >= 0.3 is 12.3 Å². The van der Waals surface area contributed by atoms with Crippen LogP contribution in [0.15, 0.2) is 30.4 Å². The van der Waals surface area contributed by atoms with E-state index in [9.17, 15) is 40.8 Å². The van der Waals surface area contributed by atoms with E-state index in [0.29, 0.717) is 49.5 Å². The van der Waals surface area contributed by atoms with Crippen LogP contribution in [-0.2, 0) is 41.7 Å². The lowest BCUT2D eigenvalue weighted by Gasteiger charge is -2.37. The van der Waals surface area contributed by atoms with Gasteiger partial charge in [-0.3, -0.25) is 19.1 Å². The number of alkyl carbamates (subject to hydrolysis) is 1. The first kappa shape index (κ1) is 41.7. The standard InChI is InChI=1S/C41H52F3N5O8S/c1-23(2)25(4)56-37(53)46-30-12-10-8-6-7-9-11-26-20-40(26,36(52)48-58(54,55)38(5)17-18-38)47-34(50)31-21-39(22-49(31)35(30)51)16-15-27-28-19-24(3)13-14-29(28)45-33(32(27)57-39)41(42,43)44/h9,11,13-14,19,23,25-26,30-31H,6-8,10,12,15-18,20-22H2,1-5H3,(H,46,53)(H,47,50)(H,48,52). The molecular formula is C41H52F3N5O8S. The number of carbonyl (C=O) groups excluding carboxylic acids is 4. The molecule has 2 aliphatic carbocycles. The SMILES string of the molecule is Cc1ccc2nc(C(F)(F)F)c3c(c2c1)CCC1(CC2C(=O)NC4(C(=O)NS(=O)(=O)C5(C)CC5)CC4C=CCCCCCC(NC(=O)OC(C)C(C)C)C(=O)N2C1)O3. The highest BCUT2D eigenvalue weighted by atomic mass is 32.2. The second-order valence-electron chi connectivity index (χ2n) is 17.5. The summed E-state index contributed by atoms with van der Waals surface area (Å²) in [5.41, 5.74) is -3.07. The van der Waals surface area contributed by atoms with Gasteiger partial charge in [0.2, 0.25) is 21.8 Å². The molecule has 0 bridgehead atoms. The normalized spacial score (nSPS) is 28.9. The zero-order valence-corrected chi connectivity index (χ0v) is 34.3. The molecule has 2 aromatic rings. The highest BCUT2D eigenvalue weighted by Crippen LogP contribution is 2.50. The van der Waals surface area contributed by atoms with Crippen molar-refractivity contribution in [1.29, 1.82) is 0 Å². The molecule has 1 aromatic carbocycles. The van der Waals surface area contributed by atoms with E-state index in [1.54, 1.807) is 25.1 Å². The molecule has 1 spiro atoms. The molecule has 6 atom stereocenters. The fourth-order valence-electron chi connectivity index (χ4n) is 8.32. The van der Waals surface area contributed by atoms with Crippen molar-refractivity contribution in [3.8, 4) is 5.75 Å². The molecule has 6 unspecified atom stereocenters. The quantitative estimate of drug-likeness (QED) is 0.306. The van der Waals surface area contributed by atoms with Gasteiger partial charge in [0.05, 0.1) is 16.8 Å². The van der Waals surface area contributed by atoms with Gasteiger partial charge in [0.25, 0.3) is 5.91 Å². The lowest BCUT2D eigenvalue weighted by Crippen LogP contribution is -2.58. The van der Waals surface area contributed by atoms with E-state index in [0.717, 1.165) is 5.56 Å². The molecular weight excluding hydrogens is 780 g/mol. The molecule has 13 nitrogen and oxygen atoms in total. The van der Waals surface area contributed by atoms with Crippen molar-refractivity contribution in [2.45, 2.75) is 145 Å². The van der Waals surface area contributed by atoms with Crippen LogP contribution in [0.5, 0.6) is 5.75 Å². The van der Waals surface area contributed by atoms with Crippen LogP contribution in [0.4, 0.5) is 18.0 Å². The maximum Gasteiger partial charge on any atom is 0.437 e. The van der Waals surface area contributed by atoms with Crippen LogP contribution in [0.25, 0.3) is 10.9 Å². The number of benzene rings is 1. The van der Waals surface area contributed by atoms with Gasteiger partial charge in [0.15, 0.2) is 11.4 Å². The predicted molar refractivity (Wildman–Crippen MR) is 207 cm³/mol. The minimum atomic E-state index is -4.90. The average Bonchev–Trinajstić information content (AvgIpc) is 4.04. The zero-order chi connectivity index (χ0) is 42.0. The van der Waals surface area contributed by atoms with Gasteiger partial charge in [0.1, 0.15) is 29.3 Å². The van der Waals surface area contributed by atoms with E-state index in [1.165, 1.54) is 17.9 Å². The number of halogens is 3. The number of aryl methyl sites for hydroxylation is 2. The summed E-state index contributed by atoms with van der Waals surface area (Å²) in [6.45, 7) is 8.52. The predicted octanol–water partition coefficient (Wildman–Crippen LogP) is 5.76. The minimum Gasteiger partial charge on any atom is -0.483 e. The van der Waals surface area contributed by atoms with E-state index >= 15 is 0 Å². The third-order valence-corrected chi connectivity index (χ3v) is 14.9. The maximum absolute atomic E-state index is 14.7. The largest absolute Gasteiger partial charge is 0.483 e. The first-order valence-corrected chi connectivity index (χ1v) is 21.7. The molecule has 1 aromatic heterocycles. The highest BCUT2D eigenvalue weighted by molar-refractivity contribution is 7.91. The van der Waals surface area contributed by atoms with Gasteiger partial charge in [0, 0.05) is 23.3 Å². The molecule has 0 radical (unpaired) electrons. The number of aromatic nitrogens is 1. The topological polar surface area (TPSA) is 173 Å². The summed E-state index contributed by atoms with van der Waals surface area (Å²) < 4.78 is 83.6. The number of hydrogen-bond donors (Lipinski definition) is 3. The summed E-state index contributed by atoms with van der Waals surface area (Å²) in [6.07, 6.45) is 1.04. The Morgan fingerprint density at radius 1 is 1.09 bits per heavy atom. The summed E-state index contributed by atoms with van der Waals surface area (Å²) in [5.74, 6) is -3.39. The smallest absolute Gasteiger partial charge is 0.437 e. The Morgan fingerprint density at radius 3 is 2.52 bits per heavy atom. The van der Waals surface area contributed by atoms with Crippen molar-refractivity contribution in [3.63, 3.8) is 0 Å². The fourth-order valence-corrected chi connectivity index (χ4v) is 9.63.